The summed E-state index contributed by atoms with van der Waals surface area (Å²) in [6, 6.07) is 15.8. The number of amides is 2. The maximum atomic E-state index is 12.8. The largest absolute Gasteiger partial charge is 0.452 e. The van der Waals surface area contributed by atoms with Gasteiger partial charge in [-0.1, -0.05) is 36.4 Å². The number of nitrogens with one attached hydrogen (secondary N) is 1. The van der Waals surface area contributed by atoms with Crippen LogP contribution in [-0.4, -0.2) is 24.4 Å². The van der Waals surface area contributed by atoms with E-state index in [9.17, 15) is 19.6 Å². The van der Waals surface area contributed by atoms with E-state index in [1.165, 1.54) is 11.3 Å². The fraction of sp³-hybridized carbons (Fsp3) is 0.200. The van der Waals surface area contributed by atoms with Gasteiger partial charge in [0, 0.05) is 10.4 Å². The van der Waals surface area contributed by atoms with Crippen LogP contribution >= 0.6 is 11.3 Å². The molecule has 4 rings (SSSR count). The number of carbonyl (C=O) groups is 3. The zero-order chi connectivity index (χ0) is 23.4. The van der Waals surface area contributed by atoms with Gasteiger partial charge < -0.3 is 15.8 Å². The molecule has 0 atom stereocenters. The Hall–Kier alpha value is -3.96. The summed E-state index contributed by atoms with van der Waals surface area (Å²) in [6.07, 6.45) is 3.62. The third kappa shape index (κ3) is 4.64. The van der Waals surface area contributed by atoms with Gasteiger partial charge in [0.1, 0.15) is 5.00 Å². The molecule has 0 unspecified atom stereocenters. The van der Waals surface area contributed by atoms with Gasteiger partial charge in [0.05, 0.1) is 22.8 Å². The molecule has 2 aromatic carbocycles. The number of fused-ring (bicyclic) bond motifs is 1. The van der Waals surface area contributed by atoms with Crippen LogP contribution in [0.4, 0.5) is 5.00 Å². The topological polar surface area (TPSA) is 122 Å². The van der Waals surface area contributed by atoms with E-state index >= 15 is 0 Å². The van der Waals surface area contributed by atoms with Gasteiger partial charge in [0.2, 0.25) is 0 Å². The fourth-order valence-corrected chi connectivity index (χ4v) is 5.31. The van der Waals surface area contributed by atoms with Crippen molar-refractivity contribution >= 4 is 34.1 Å². The molecule has 1 aromatic heterocycles. The Kier molecular flexibility index (Phi) is 6.52. The van der Waals surface area contributed by atoms with Crippen molar-refractivity contribution in [2.24, 2.45) is 5.73 Å². The summed E-state index contributed by atoms with van der Waals surface area (Å²) in [6.45, 7) is -0.520. The minimum Gasteiger partial charge on any atom is -0.452 e. The van der Waals surface area contributed by atoms with Crippen LogP contribution in [0.3, 0.4) is 0 Å². The Labute approximate surface area is 194 Å². The molecule has 1 aliphatic rings. The van der Waals surface area contributed by atoms with Gasteiger partial charge in [-0.05, 0) is 48.9 Å². The first-order valence-electron chi connectivity index (χ1n) is 10.5. The lowest BCUT2D eigenvalue weighted by Gasteiger charge is -2.12. The van der Waals surface area contributed by atoms with Gasteiger partial charge >= 0.3 is 5.97 Å². The van der Waals surface area contributed by atoms with E-state index in [1.54, 1.807) is 48.5 Å². The van der Waals surface area contributed by atoms with Crippen LogP contribution in [0.25, 0.3) is 11.1 Å². The van der Waals surface area contributed by atoms with Crippen molar-refractivity contribution in [2.75, 3.05) is 11.9 Å². The van der Waals surface area contributed by atoms with Gasteiger partial charge in [-0.3, -0.25) is 9.59 Å². The van der Waals surface area contributed by atoms with Crippen molar-refractivity contribution < 1.29 is 19.1 Å². The minimum absolute atomic E-state index is 0.248. The average molecular weight is 460 g/mol. The second kappa shape index (κ2) is 9.67. The van der Waals surface area contributed by atoms with Gasteiger partial charge in [-0.15, -0.1) is 11.3 Å². The maximum absolute atomic E-state index is 12.8. The molecule has 0 saturated heterocycles. The zero-order valence-electron chi connectivity index (χ0n) is 17.7. The highest BCUT2D eigenvalue weighted by molar-refractivity contribution is 7.17. The molecule has 0 radical (unpaired) electrons. The number of hydrogen-bond acceptors (Lipinski definition) is 6. The summed E-state index contributed by atoms with van der Waals surface area (Å²) in [5, 5.41) is 12.5. The van der Waals surface area contributed by atoms with Gasteiger partial charge in [-0.2, -0.15) is 5.26 Å². The second-order valence-electron chi connectivity index (χ2n) is 7.61. The number of hydrogen-bond donors (Lipinski definition) is 2. The Bertz CT molecular complexity index is 1290. The summed E-state index contributed by atoms with van der Waals surface area (Å²) in [4.78, 5) is 38.3. The summed E-state index contributed by atoms with van der Waals surface area (Å²) in [5.41, 5.74) is 8.65. The molecule has 1 heterocycles. The number of nitrogens with two attached hydrogens (primary N) is 1. The van der Waals surface area contributed by atoms with Crippen LogP contribution in [0.5, 0.6) is 0 Å². The molecule has 8 heteroatoms. The molecule has 1 aliphatic carbocycles. The first-order valence-corrected chi connectivity index (χ1v) is 11.3. The van der Waals surface area contributed by atoms with Crippen LogP contribution in [0.2, 0.25) is 0 Å². The summed E-state index contributed by atoms with van der Waals surface area (Å²) < 4.78 is 5.25. The number of aryl methyl sites for hydroxylation is 1. The number of rotatable bonds is 6. The Morgan fingerprint density at radius 1 is 1.03 bits per heavy atom. The maximum Gasteiger partial charge on any atom is 0.339 e. The second-order valence-corrected chi connectivity index (χ2v) is 8.71. The number of carbonyl (C=O) groups excluding carboxylic acids is 3. The van der Waals surface area contributed by atoms with E-state index in [4.69, 9.17) is 10.5 Å². The van der Waals surface area contributed by atoms with Crippen molar-refractivity contribution in [1.82, 2.24) is 0 Å². The van der Waals surface area contributed by atoms with Gasteiger partial charge in [-0.25, -0.2) is 4.79 Å². The van der Waals surface area contributed by atoms with Crippen LogP contribution in [0, 0.1) is 11.3 Å². The average Bonchev–Trinajstić information content (AvgIpc) is 3.20. The SMILES string of the molecule is N#Cc1ccccc1-c1ccccc1C(=O)OCC(=O)Nc1sc2c(c1C(N)=O)CCCC2. The number of ether oxygens (including phenoxy) is 1. The molecular formula is C25H21N3O4S. The van der Waals surface area contributed by atoms with Crippen molar-refractivity contribution in [1.29, 1.82) is 5.26 Å². The standard InChI is InChI=1S/C25H21N3O4S/c26-13-15-7-1-2-8-16(15)17-9-3-4-10-18(17)25(31)32-14-21(29)28-24-22(23(27)30)19-11-5-6-12-20(19)33-24/h1-4,7-10H,5-6,11-12,14H2,(H2,27,30)(H,28,29). The van der Waals surface area contributed by atoms with E-state index in [0.29, 0.717) is 27.3 Å². The predicted molar refractivity (Wildman–Crippen MR) is 125 cm³/mol. The van der Waals surface area contributed by atoms with Crippen LogP contribution in [0.15, 0.2) is 48.5 Å². The highest BCUT2D eigenvalue weighted by Gasteiger charge is 2.25. The van der Waals surface area contributed by atoms with Crippen LogP contribution in [-0.2, 0) is 22.4 Å². The number of nitriles is 1. The van der Waals surface area contributed by atoms with Crippen molar-refractivity contribution in [2.45, 2.75) is 25.7 Å². The number of esters is 1. The normalized spacial score (nSPS) is 12.3. The lowest BCUT2D eigenvalue weighted by molar-refractivity contribution is -0.119. The fourth-order valence-electron chi connectivity index (χ4n) is 4.00. The van der Waals surface area contributed by atoms with E-state index in [-0.39, 0.29) is 5.56 Å². The summed E-state index contributed by atoms with van der Waals surface area (Å²) in [5.74, 6) is -1.82. The quantitative estimate of drug-likeness (QED) is 0.538. The van der Waals surface area contributed by atoms with E-state index < -0.39 is 24.4 Å². The third-order valence-electron chi connectivity index (χ3n) is 5.49. The molecule has 2 amide bonds. The monoisotopic (exact) mass is 459 g/mol. The molecule has 0 aliphatic heterocycles. The number of nitrogens with zero attached hydrogens (tertiary/aromatic N) is 1. The molecule has 0 bridgehead atoms. The van der Waals surface area contributed by atoms with Gasteiger partial charge in [0.15, 0.2) is 6.61 Å². The third-order valence-corrected chi connectivity index (χ3v) is 6.70. The van der Waals surface area contributed by atoms with Crippen molar-refractivity contribution in [3.63, 3.8) is 0 Å². The first kappa shape index (κ1) is 22.2. The Morgan fingerprint density at radius 2 is 1.73 bits per heavy atom. The van der Waals surface area contributed by atoms with Crippen molar-refractivity contribution in [3.8, 4) is 17.2 Å². The zero-order valence-corrected chi connectivity index (χ0v) is 18.5. The molecule has 3 N–H and O–H groups in total. The van der Waals surface area contributed by atoms with Gasteiger partial charge in [0.25, 0.3) is 11.8 Å². The summed E-state index contributed by atoms with van der Waals surface area (Å²) >= 11 is 1.35. The number of anilines is 1. The molecule has 7 nitrogen and oxygen atoms in total. The molecule has 33 heavy (non-hydrogen) atoms. The number of benzene rings is 2. The smallest absolute Gasteiger partial charge is 0.339 e. The van der Waals surface area contributed by atoms with E-state index in [0.717, 1.165) is 36.1 Å². The van der Waals surface area contributed by atoms with Crippen LogP contribution < -0.4 is 11.1 Å². The molecule has 0 spiro atoms. The van der Waals surface area contributed by atoms with Crippen LogP contribution in [0.1, 0.15) is 49.6 Å². The highest BCUT2D eigenvalue weighted by Crippen LogP contribution is 2.37. The summed E-state index contributed by atoms with van der Waals surface area (Å²) in [7, 11) is 0. The minimum atomic E-state index is -0.686. The molecule has 0 fully saturated rings. The first-order chi connectivity index (χ1) is 16.0. The molecule has 3 aromatic rings. The van der Waals surface area contributed by atoms with E-state index in [2.05, 4.69) is 11.4 Å². The molecule has 0 saturated carbocycles. The lowest BCUT2D eigenvalue weighted by atomic mass is 9.95. The lowest BCUT2D eigenvalue weighted by Crippen LogP contribution is -2.23. The number of thiophene rings is 1. The van der Waals surface area contributed by atoms with Crippen molar-refractivity contribution in [3.05, 3.63) is 75.7 Å². The molecular weight excluding hydrogens is 438 g/mol. The number of primary amides is 1. The van der Waals surface area contributed by atoms with E-state index in [1.807, 2.05) is 0 Å². The predicted octanol–water partition coefficient (Wildman–Crippen LogP) is 4.06. The Morgan fingerprint density at radius 3 is 2.48 bits per heavy atom. The Balaban J connectivity index is 1.49. The molecule has 166 valence electrons. The highest BCUT2D eigenvalue weighted by atomic mass is 32.1.